The van der Waals surface area contributed by atoms with Gasteiger partial charge in [-0.25, -0.2) is 13.1 Å². The van der Waals surface area contributed by atoms with Crippen LogP contribution < -0.4 is 9.46 Å². The second-order valence-electron chi connectivity index (χ2n) is 9.33. The zero-order valence-electron chi connectivity index (χ0n) is 20.0. The lowest BCUT2D eigenvalue weighted by molar-refractivity contribution is 0.0980. The molecule has 1 N–H and O–H groups in total. The zero-order valence-corrected chi connectivity index (χ0v) is 20.9. The molecule has 0 aliphatic heterocycles. The summed E-state index contributed by atoms with van der Waals surface area (Å²) in [4.78, 5) is 12.4. The highest BCUT2D eigenvalue weighted by atomic mass is 32.2. The van der Waals surface area contributed by atoms with Gasteiger partial charge in [0.05, 0.1) is 12.9 Å². The first-order valence-electron chi connectivity index (χ1n) is 12.1. The Morgan fingerprint density at radius 3 is 2.61 bits per heavy atom. The van der Waals surface area contributed by atoms with Gasteiger partial charge in [-0.15, -0.1) is 0 Å². The van der Waals surface area contributed by atoms with Gasteiger partial charge in [-0.2, -0.15) is 0 Å². The summed E-state index contributed by atoms with van der Waals surface area (Å²) in [5.41, 5.74) is 3.37. The summed E-state index contributed by atoms with van der Waals surface area (Å²) < 4.78 is 30.3. The predicted octanol–water partition coefficient (Wildman–Crippen LogP) is 5.67. The standard InChI is InChI=1S/C27H37NO4S/c1-4-32-26-8-5-7-24(19-26)20(2)17-21-10-11-25(18-21)22-12-14-23(15-13-22)27(29)9-6-16-28-33(3,30)31/h5,7-8,12-15,19-21,25,28H,4,6,9-11,16-18H2,1-3H3/t20-,21?,25-/m0/s1. The molecule has 3 rings (SSSR count). The van der Waals surface area contributed by atoms with Crippen LogP contribution >= 0.6 is 0 Å². The molecule has 1 unspecified atom stereocenters. The molecule has 1 fully saturated rings. The first kappa shape index (κ1) is 25.4. The van der Waals surface area contributed by atoms with Crippen LogP contribution in [0.2, 0.25) is 0 Å². The van der Waals surface area contributed by atoms with Gasteiger partial charge < -0.3 is 4.74 Å². The van der Waals surface area contributed by atoms with Crippen molar-refractivity contribution in [2.24, 2.45) is 5.92 Å². The highest BCUT2D eigenvalue weighted by Crippen LogP contribution is 2.42. The molecule has 3 atom stereocenters. The van der Waals surface area contributed by atoms with Crippen LogP contribution in [0, 0.1) is 5.92 Å². The first-order valence-corrected chi connectivity index (χ1v) is 13.9. The fraction of sp³-hybridized carbons (Fsp3) is 0.519. The van der Waals surface area contributed by atoms with E-state index in [4.69, 9.17) is 4.74 Å². The topological polar surface area (TPSA) is 72.5 Å². The second kappa shape index (κ2) is 11.8. The quantitative estimate of drug-likeness (QED) is 0.319. The Hall–Kier alpha value is -2.18. The van der Waals surface area contributed by atoms with Crippen LogP contribution in [0.15, 0.2) is 48.5 Å². The van der Waals surface area contributed by atoms with Gasteiger partial charge in [0.25, 0.3) is 0 Å². The van der Waals surface area contributed by atoms with Gasteiger partial charge in [0.2, 0.25) is 10.0 Å². The Balaban J connectivity index is 1.48. The second-order valence-corrected chi connectivity index (χ2v) is 11.2. The summed E-state index contributed by atoms with van der Waals surface area (Å²) in [5, 5.41) is 0. The van der Waals surface area contributed by atoms with E-state index in [0.29, 0.717) is 49.3 Å². The number of ether oxygens (including phenoxy) is 1. The fourth-order valence-electron chi connectivity index (χ4n) is 4.90. The van der Waals surface area contributed by atoms with Crippen LogP contribution in [-0.4, -0.2) is 33.6 Å². The van der Waals surface area contributed by atoms with Gasteiger partial charge in [0, 0.05) is 18.5 Å². The molecule has 0 spiro atoms. The van der Waals surface area contributed by atoms with Crippen LogP contribution in [0.25, 0.3) is 0 Å². The highest BCUT2D eigenvalue weighted by molar-refractivity contribution is 7.88. The number of Topliss-reactive ketones (excluding diaryl/α,β-unsaturated/α-hetero) is 1. The normalized spacial score (nSPS) is 19.4. The van der Waals surface area contributed by atoms with Crippen molar-refractivity contribution in [3.63, 3.8) is 0 Å². The van der Waals surface area contributed by atoms with Crippen LogP contribution in [0.4, 0.5) is 0 Å². The van der Waals surface area contributed by atoms with Crippen molar-refractivity contribution < 1.29 is 17.9 Å². The molecule has 2 aromatic carbocycles. The smallest absolute Gasteiger partial charge is 0.208 e. The lowest BCUT2D eigenvalue weighted by Crippen LogP contribution is -2.23. The fourth-order valence-corrected chi connectivity index (χ4v) is 5.41. The van der Waals surface area contributed by atoms with E-state index in [0.717, 1.165) is 12.0 Å². The molecule has 0 bridgehead atoms. The molecule has 1 aliphatic carbocycles. The minimum atomic E-state index is -3.20. The average molecular weight is 472 g/mol. The average Bonchev–Trinajstić information content (AvgIpc) is 3.25. The van der Waals surface area contributed by atoms with Gasteiger partial charge in [-0.3, -0.25) is 4.79 Å². The lowest BCUT2D eigenvalue weighted by atomic mass is 9.88. The Labute approximate surface area is 199 Å². The first-order chi connectivity index (χ1) is 15.7. The number of ketones is 1. The molecule has 1 saturated carbocycles. The number of benzene rings is 2. The molecular weight excluding hydrogens is 434 g/mol. The van der Waals surface area contributed by atoms with E-state index in [1.807, 2.05) is 25.1 Å². The number of hydrogen-bond acceptors (Lipinski definition) is 4. The summed E-state index contributed by atoms with van der Waals surface area (Å²) >= 11 is 0. The maximum Gasteiger partial charge on any atom is 0.208 e. The van der Waals surface area contributed by atoms with Crippen molar-refractivity contribution in [2.45, 2.75) is 64.2 Å². The predicted molar refractivity (Wildman–Crippen MR) is 134 cm³/mol. The number of rotatable bonds is 12. The van der Waals surface area contributed by atoms with Crippen molar-refractivity contribution >= 4 is 15.8 Å². The Morgan fingerprint density at radius 2 is 1.91 bits per heavy atom. The van der Waals surface area contributed by atoms with E-state index >= 15 is 0 Å². The molecule has 1 aliphatic rings. The lowest BCUT2D eigenvalue weighted by Gasteiger charge is -2.18. The monoisotopic (exact) mass is 471 g/mol. The van der Waals surface area contributed by atoms with Gasteiger partial charge in [0.1, 0.15) is 5.75 Å². The molecule has 33 heavy (non-hydrogen) atoms. The van der Waals surface area contributed by atoms with Gasteiger partial charge in [0.15, 0.2) is 5.78 Å². The molecule has 180 valence electrons. The summed E-state index contributed by atoms with van der Waals surface area (Å²) in [6.45, 7) is 5.30. The molecule has 0 saturated heterocycles. The summed E-state index contributed by atoms with van der Waals surface area (Å²) in [7, 11) is -3.20. The SMILES string of the molecule is CCOc1cccc([C@@H](C)CC2CC[C@H](c3ccc(C(=O)CCCNS(C)(=O)=O)cc3)C2)c1. The third-order valence-corrected chi connectivity index (χ3v) is 7.34. The number of hydrogen-bond donors (Lipinski definition) is 1. The third-order valence-electron chi connectivity index (χ3n) is 6.62. The maximum atomic E-state index is 12.4. The molecule has 0 radical (unpaired) electrons. The van der Waals surface area contributed by atoms with E-state index in [1.54, 1.807) is 0 Å². The van der Waals surface area contributed by atoms with Crippen molar-refractivity contribution in [2.75, 3.05) is 19.4 Å². The Bertz CT molecular complexity index is 1020. The highest BCUT2D eigenvalue weighted by Gasteiger charge is 2.27. The van der Waals surface area contributed by atoms with Crippen molar-refractivity contribution in [3.05, 3.63) is 65.2 Å². The molecule has 5 nitrogen and oxygen atoms in total. The Morgan fingerprint density at radius 1 is 1.15 bits per heavy atom. The van der Waals surface area contributed by atoms with Gasteiger partial charge in [-0.1, -0.05) is 43.3 Å². The van der Waals surface area contributed by atoms with E-state index in [2.05, 4.69) is 42.0 Å². The minimum absolute atomic E-state index is 0.0595. The van der Waals surface area contributed by atoms with Crippen LogP contribution in [-0.2, 0) is 10.0 Å². The van der Waals surface area contributed by atoms with Crippen LogP contribution in [0.5, 0.6) is 5.75 Å². The van der Waals surface area contributed by atoms with Crippen molar-refractivity contribution in [3.8, 4) is 5.75 Å². The molecule has 6 heteroatoms. The molecule has 0 aromatic heterocycles. The molecule has 2 aromatic rings. The number of carbonyl (C=O) groups excluding carboxylic acids is 1. The third kappa shape index (κ3) is 7.97. The summed E-state index contributed by atoms with van der Waals surface area (Å²) in [6, 6.07) is 16.5. The van der Waals surface area contributed by atoms with Gasteiger partial charge in [-0.05, 0) is 80.0 Å². The van der Waals surface area contributed by atoms with Crippen LogP contribution in [0.3, 0.4) is 0 Å². The van der Waals surface area contributed by atoms with E-state index in [-0.39, 0.29) is 5.78 Å². The number of sulfonamides is 1. The van der Waals surface area contributed by atoms with Crippen molar-refractivity contribution in [1.29, 1.82) is 0 Å². The van der Waals surface area contributed by atoms with E-state index in [9.17, 15) is 13.2 Å². The van der Waals surface area contributed by atoms with E-state index in [1.165, 1.54) is 36.8 Å². The molecule has 0 heterocycles. The molecular formula is C27H37NO4S. The number of carbonyl (C=O) groups is 1. The Kier molecular flexibility index (Phi) is 9.10. The van der Waals surface area contributed by atoms with Gasteiger partial charge >= 0.3 is 0 Å². The molecule has 0 amide bonds. The summed E-state index contributed by atoms with van der Waals surface area (Å²) in [5.74, 6) is 2.78. The van der Waals surface area contributed by atoms with Crippen LogP contribution in [0.1, 0.15) is 85.7 Å². The largest absolute Gasteiger partial charge is 0.494 e. The number of nitrogens with one attached hydrogen (secondary N) is 1. The zero-order chi connectivity index (χ0) is 23.8. The minimum Gasteiger partial charge on any atom is -0.494 e. The maximum absolute atomic E-state index is 12.4. The summed E-state index contributed by atoms with van der Waals surface area (Å²) in [6.07, 6.45) is 6.79. The van der Waals surface area contributed by atoms with Crippen molar-refractivity contribution in [1.82, 2.24) is 4.72 Å². The van der Waals surface area contributed by atoms with E-state index < -0.39 is 10.0 Å².